The molecule has 0 aliphatic carbocycles. The molecular formula is C12H20N4O3. The Labute approximate surface area is 112 Å². The van der Waals surface area contributed by atoms with Gasteiger partial charge in [-0.3, -0.25) is 9.59 Å². The molecule has 2 N–H and O–H groups in total. The van der Waals surface area contributed by atoms with Gasteiger partial charge in [0.15, 0.2) is 0 Å². The Bertz CT molecular complexity index is 440. The molecular weight excluding hydrogens is 248 g/mol. The van der Waals surface area contributed by atoms with Gasteiger partial charge in [0.05, 0.1) is 12.1 Å². The fraction of sp³-hybridized carbons (Fsp3) is 0.667. The van der Waals surface area contributed by atoms with E-state index in [-0.39, 0.29) is 18.4 Å². The molecule has 7 nitrogen and oxygen atoms in total. The standard InChI is InChI=1S/C12H20N4O3/c1-4-9(5-2)13-12(19)8(3)16-7-10(14-15-16)6-11(17)18/h7-9H,4-6H2,1-3H3,(H,13,19)(H,17,18). The summed E-state index contributed by atoms with van der Waals surface area (Å²) >= 11 is 0. The highest BCUT2D eigenvalue weighted by Gasteiger charge is 2.19. The lowest BCUT2D eigenvalue weighted by molar-refractivity contribution is -0.136. The number of hydrogen-bond donors (Lipinski definition) is 2. The summed E-state index contributed by atoms with van der Waals surface area (Å²) in [6, 6.07) is -0.354. The van der Waals surface area contributed by atoms with Gasteiger partial charge in [-0.25, -0.2) is 4.68 Å². The summed E-state index contributed by atoms with van der Waals surface area (Å²) in [4.78, 5) is 22.5. The number of nitrogens with zero attached hydrogens (tertiary/aromatic N) is 3. The normalized spacial score (nSPS) is 12.4. The van der Waals surface area contributed by atoms with Crippen LogP contribution in [0.1, 0.15) is 45.3 Å². The predicted octanol–water partition coefficient (Wildman–Crippen LogP) is 0.771. The Hall–Kier alpha value is -1.92. The average molecular weight is 268 g/mol. The van der Waals surface area contributed by atoms with Gasteiger partial charge in [0.1, 0.15) is 6.04 Å². The fourth-order valence-corrected chi connectivity index (χ4v) is 1.67. The van der Waals surface area contributed by atoms with Crippen molar-refractivity contribution in [1.82, 2.24) is 20.3 Å². The maximum absolute atomic E-state index is 12.0. The second-order valence-corrected chi connectivity index (χ2v) is 4.46. The minimum atomic E-state index is -0.971. The molecule has 1 atom stereocenters. The van der Waals surface area contributed by atoms with Gasteiger partial charge in [0.2, 0.25) is 5.91 Å². The molecule has 19 heavy (non-hydrogen) atoms. The van der Waals surface area contributed by atoms with E-state index in [2.05, 4.69) is 15.6 Å². The highest BCUT2D eigenvalue weighted by molar-refractivity contribution is 5.80. The SMILES string of the molecule is CCC(CC)NC(=O)C(C)n1cc(CC(=O)O)nn1. The van der Waals surface area contributed by atoms with Crippen LogP contribution in [0.25, 0.3) is 0 Å². The lowest BCUT2D eigenvalue weighted by Crippen LogP contribution is -2.38. The maximum Gasteiger partial charge on any atom is 0.309 e. The minimum absolute atomic E-state index is 0.138. The van der Waals surface area contributed by atoms with Gasteiger partial charge in [-0.05, 0) is 19.8 Å². The van der Waals surface area contributed by atoms with Crippen LogP contribution in [0.15, 0.2) is 6.20 Å². The molecule has 0 radical (unpaired) electrons. The van der Waals surface area contributed by atoms with E-state index in [1.165, 1.54) is 10.9 Å². The Kier molecular flexibility index (Phi) is 5.47. The van der Waals surface area contributed by atoms with Crippen molar-refractivity contribution in [2.24, 2.45) is 0 Å². The maximum atomic E-state index is 12.0. The molecule has 1 amide bonds. The number of amides is 1. The molecule has 0 aromatic carbocycles. The third-order valence-electron chi connectivity index (χ3n) is 3.00. The van der Waals surface area contributed by atoms with Gasteiger partial charge in [0.25, 0.3) is 0 Å². The van der Waals surface area contributed by atoms with Crippen LogP contribution in [0.5, 0.6) is 0 Å². The van der Waals surface area contributed by atoms with Crippen LogP contribution in [-0.2, 0) is 16.0 Å². The molecule has 0 bridgehead atoms. The molecule has 0 fully saturated rings. The quantitative estimate of drug-likeness (QED) is 0.761. The number of hydrogen-bond acceptors (Lipinski definition) is 4. The van der Waals surface area contributed by atoms with E-state index in [1.54, 1.807) is 6.92 Å². The topological polar surface area (TPSA) is 97.1 Å². The second kappa shape index (κ2) is 6.86. The van der Waals surface area contributed by atoms with Crippen molar-refractivity contribution in [1.29, 1.82) is 0 Å². The lowest BCUT2D eigenvalue weighted by Gasteiger charge is -2.18. The van der Waals surface area contributed by atoms with Crippen LogP contribution < -0.4 is 5.32 Å². The minimum Gasteiger partial charge on any atom is -0.481 e. The van der Waals surface area contributed by atoms with Crippen LogP contribution in [0.3, 0.4) is 0 Å². The van der Waals surface area contributed by atoms with Crippen molar-refractivity contribution in [2.75, 3.05) is 0 Å². The highest BCUT2D eigenvalue weighted by atomic mass is 16.4. The third kappa shape index (κ3) is 4.35. The van der Waals surface area contributed by atoms with E-state index >= 15 is 0 Å². The van der Waals surface area contributed by atoms with Gasteiger partial charge in [0, 0.05) is 12.2 Å². The van der Waals surface area contributed by atoms with Crippen LogP contribution in [0.4, 0.5) is 0 Å². The number of carboxylic acid groups (broad SMARTS) is 1. The molecule has 0 aliphatic heterocycles. The smallest absolute Gasteiger partial charge is 0.309 e. The summed E-state index contributed by atoms with van der Waals surface area (Å²) in [7, 11) is 0. The molecule has 106 valence electrons. The summed E-state index contributed by atoms with van der Waals surface area (Å²) in [6.07, 6.45) is 3.04. The van der Waals surface area contributed by atoms with E-state index in [0.717, 1.165) is 12.8 Å². The number of carbonyl (C=O) groups is 2. The third-order valence-corrected chi connectivity index (χ3v) is 3.00. The van der Waals surface area contributed by atoms with Crippen LogP contribution >= 0.6 is 0 Å². The van der Waals surface area contributed by atoms with Crippen molar-refractivity contribution in [3.05, 3.63) is 11.9 Å². The molecule has 0 spiro atoms. The summed E-state index contributed by atoms with van der Waals surface area (Å²) in [5, 5.41) is 19.1. The summed E-state index contributed by atoms with van der Waals surface area (Å²) < 4.78 is 1.38. The predicted molar refractivity (Wildman–Crippen MR) is 68.6 cm³/mol. The Balaban J connectivity index is 2.66. The Morgan fingerprint density at radius 2 is 2.05 bits per heavy atom. The molecule has 0 aliphatic rings. The second-order valence-electron chi connectivity index (χ2n) is 4.46. The van der Waals surface area contributed by atoms with Crippen molar-refractivity contribution in [3.63, 3.8) is 0 Å². The number of rotatable bonds is 7. The molecule has 0 saturated carbocycles. The van der Waals surface area contributed by atoms with Gasteiger partial charge in [-0.1, -0.05) is 19.1 Å². The van der Waals surface area contributed by atoms with Gasteiger partial charge < -0.3 is 10.4 Å². The largest absolute Gasteiger partial charge is 0.481 e. The summed E-state index contributed by atoms with van der Waals surface area (Å²) in [5.41, 5.74) is 0.342. The van der Waals surface area contributed by atoms with E-state index in [0.29, 0.717) is 5.69 Å². The van der Waals surface area contributed by atoms with Crippen molar-refractivity contribution < 1.29 is 14.7 Å². The van der Waals surface area contributed by atoms with E-state index in [1.807, 2.05) is 13.8 Å². The molecule has 1 aromatic rings. The molecule has 1 heterocycles. The van der Waals surface area contributed by atoms with Gasteiger partial charge in [-0.15, -0.1) is 5.10 Å². The van der Waals surface area contributed by atoms with Crippen molar-refractivity contribution >= 4 is 11.9 Å². The molecule has 1 aromatic heterocycles. The van der Waals surface area contributed by atoms with Crippen LogP contribution in [-0.4, -0.2) is 38.0 Å². The monoisotopic (exact) mass is 268 g/mol. The molecule has 7 heteroatoms. The number of carbonyl (C=O) groups excluding carboxylic acids is 1. The van der Waals surface area contributed by atoms with Crippen LogP contribution in [0, 0.1) is 0 Å². The first-order valence-electron chi connectivity index (χ1n) is 6.40. The zero-order valence-corrected chi connectivity index (χ0v) is 11.5. The lowest BCUT2D eigenvalue weighted by atomic mass is 10.1. The zero-order chi connectivity index (χ0) is 14.4. The van der Waals surface area contributed by atoms with Crippen molar-refractivity contribution in [2.45, 2.75) is 52.1 Å². The number of aromatic nitrogens is 3. The Morgan fingerprint density at radius 1 is 1.42 bits per heavy atom. The summed E-state index contributed by atoms with van der Waals surface area (Å²) in [6.45, 7) is 5.73. The fourth-order valence-electron chi connectivity index (χ4n) is 1.67. The van der Waals surface area contributed by atoms with E-state index < -0.39 is 12.0 Å². The molecule has 0 saturated heterocycles. The Morgan fingerprint density at radius 3 is 2.58 bits per heavy atom. The van der Waals surface area contributed by atoms with E-state index in [9.17, 15) is 9.59 Å². The number of nitrogens with one attached hydrogen (secondary N) is 1. The molecule has 1 unspecified atom stereocenters. The van der Waals surface area contributed by atoms with Crippen LogP contribution in [0.2, 0.25) is 0 Å². The van der Waals surface area contributed by atoms with Gasteiger partial charge in [-0.2, -0.15) is 0 Å². The molecule has 1 rings (SSSR count). The van der Waals surface area contributed by atoms with E-state index in [4.69, 9.17) is 5.11 Å². The summed E-state index contributed by atoms with van der Waals surface area (Å²) in [5.74, 6) is -1.11. The first-order valence-corrected chi connectivity index (χ1v) is 6.40. The van der Waals surface area contributed by atoms with Crippen molar-refractivity contribution in [3.8, 4) is 0 Å². The first-order chi connectivity index (χ1) is 8.97. The van der Waals surface area contributed by atoms with Gasteiger partial charge >= 0.3 is 5.97 Å². The number of aliphatic carboxylic acids is 1. The number of carboxylic acids is 1. The highest BCUT2D eigenvalue weighted by Crippen LogP contribution is 2.07. The first kappa shape index (κ1) is 15.1. The average Bonchev–Trinajstić information content (AvgIpc) is 2.82. The zero-order valence-electron chi connectivity index (χ0n) is 11.5.